The van der Waals surface area contributed by atoms with Gasteiger partial charge in [-0.2, -0.15) is 4.73 Å². The highest BCUT2D eigenvalue weighted by molar-refractivity contribution is 5.99. The molecule has 3 heteroatoms. The quantitative estimate of drug-likeness (QED) is 0.675. The van der Waals surface area contributed by atoms with Crippen LogP contribution in [0.4, 0.5) is 0 Å². The molecule has 14 heavy (non-hydrogen) atoms. The maximum atomic E-state index is 10.9. The Morgan fingerprint density at radius 2 is 2.07 bits per heavy atom. The number of nitrogens with zero attached hydrogens (tertiary/aromatic N) is 1. The molecule has 3 nitrogen and oxygen atoms in total. The molecule has 72 valence electrons. The first kappa shape index (κ1) is 8.81. The van der Waals surface area contributed by atoms with Crippen molar-refractivity contribution in [3.63, 3.8) is 0 Å². The van der Waals surface area contributed by atoms with E-state index in [1.807, 2.05) is 31.2 Å². The van der Waals surface area contributed by atoms with Crippen molar-refractivity contribution in [2.24, 2.45) is 0 Å². The van der Waals surface area contributed by atoms with Crippen LogP contribution in [0.25, 0.3) is 10.9 Å². The Morgan fingerprint density at radius 1 is 1.36 bits per heavy atom. The molecule has 0 fully saturated rings. The lowest BCUT2D eigenvalue weighted by molar-refractivity contribution is 0.112. The fraction of sp³-hybridized carbons (Fsp3) is 0.182. The number of carbonyl (C=O) groups is 1. The highest BCUT2D eigenvalue weighted by Gasteiger charge is 2.12. The molecule has 0 aliphatic rings. The minimum Gasteiger partial charge on any atom is -0.417 e. The van der Waals surface area contributed by atoms with E-state index in [0.29, 0.717) is 5.56 Å². The Balaban J connectivity index is 2.91. The molecular weight excluding hydrogens is 178 g/mol. The van der Waals surface area contributed by atoms with Crippen LogP contribution in [-0.4, -0.2) is 18.1 Å². The van der Waals surface area contributed by atoms with E-state index < -0.39 is 0 Å². The van der Waals surface area contributed by atoms with Gasteiger partial charge >= 0.3 is 0 Å². The maximum Gasteiger partial charge on any atom is 0.152 e. The first-order valence-corrected chi connectivity index (χ1v) is 4.39. The van der Waals surface area contributed by atoms with Crippen molar-refractivity contribution in [3.05, 3.63) is 35.5 Å². The molecule has 0 saturated carbocycles. The number of para-hydroxylation sites is 1. The van der Waals surface area contributed by atoms with E-state index in [9.17, 15) is 4.79 Å². The molecule has 1 heterocycles. The number of hydrogen-bond donors (Lipinski definition) is 0. The Bertz CT molecular complexity index is 485. The summed E-state index contributed by atoms with van der Waals surface area (Å²) in [5, 5.41) is 0.932. The summed E-state index contributed by atoms with van der Waals surface area (Å²) in [4.78, 5) is 16.1. The predicted molar refractivity (Wildman–Crippen MR) is 54.6 cm³/mol. The van der Waals surface area contributed by atoms with Crippen LogP contribution in [0.3, 0.4) is 0 Å². The molecule has 0 radical (unpaired) electrons. The van der Waals surface area contributed by atoms with Crippen LogP contribution in [0.15, 0.2) is 24.3 Å². The number of benzene rings is 1. The largest absolute Gasteiger partial charge is 0.417 e. The first-order valence-electron chi connectivity index (χ1n) is 4.39. The van der Waals surface area contributed by atoms with E-state index in [1.54, 1.807) is 11.8 Å². The Hall–Kier alpha value is -1.77. The predicted octanol–water partition coefficient (Wildman–Crippen LogP) is 1.82. The molecule has 2 rings (SSSR count). The number of rotatable bonds is 2. The number of carbonyl (C=O) groups excluding carboxylic acids is 1. The van der Waals surface area contributed by atoms with Crippen LogP contribution in [0, 0.1) is 6.92 Å². The Morgan fingerprint density at radius 3 is 2.71 bits per heavy atom. The summed E-state index contributed by atoms with van der Waals surface area (Å²) in [6.07, 6.45) is 0.868. The van der Waals surface area contributed by atoms with Crippen LogP contribution in [0.2, 0.25) is 0 Å². The minimum absolute atomic E-state index is 0.697. The van der Waals surface area contributed by atoms with Crippen LogP contribution in [-0.2, 0) is 0 Å². The Kier molecular flexibility index (Phi) is 2.00. The lowest BCUT2D eigenvalue weighted by Crippen LogP contribution is -2.07. The first-order chi connectivity index (χ1) is 6.79. The summed E-state index contributed by atoms with van der Waals surface area (Å²) in [5.41, 5.74) is 2.46. The van der Waals surface area contributed by atoms with Crippen LogP contribution in [0.1, 0.15) is 16.1 Å². The summed E-state index contributed by atoms with van der Waals surface area (Å²) >= 11 is 0. The summed E-state index contributed by atoms with van der Waals surface area (Å²) in [5.74, 6) is 0. The van der Waals surface area contributed by atoms with Gasteiger partial charge in [0.1, 0.15) is 7.11 Å². The molecule has 0 unspecified atom stereocenters. The number of aromatic nitrogens is 1. The van der Waals surface area contributed by atoms with Crippen LogP contribution in [0.5, 0.6) is 0 Å². The third-order valence-electron chi connectivity index (χ3n) is 2.41. The zero-order valence-corrected chi connectivity index (χ0v) is 8.15. The van der Waals surface area contributed by atoms with E-state index in [1.165, 1.54) is 0 Å². The monoisotopic (exact) mass is 189 g/mol. The lowest BCUT2D eigenvalue weighted by atomic mass is 10.1. The number of fused-ring (bicyclic) bond motifs is 1. The van der Waals surface area contributed by atoms with E-state index in [0.717, 1.165) is 22.9 Å². The maximum absolute atomic E-state index is 10.9. The van der Waals surface area contributed by atoms with Gasteiger partial charge in [-0.25, -0.2) is 0 Å². The SMILES string of the molecule is COn1c(C)c(C=O)c2ccccc21. The van der Waals surface area contributed by atoms with Crippen LogP contribution < -0.4 is 4.84 Å². The molecule has 0 N–H and O–H groups in total. The van der Waals surface area contributed by atoms with Crippen molar-refractivity contribution in [1.82, 2.24) is 4.73 Å². The van der Waals surface area contributed by atoms with E-state index in [4.69, 9.17) is 4.84 Å². The molecule has 0 aliphatic carbocycles. The van der Waals surface area contributed by atoms with Gasteiger partial charge in [-0.15, -0.1) is 0 Å². The highest BCUT2D eigenvalue weighted by Crippen LogP contribution is 2.22. The van der Waals surface area contributed by atoms with Gasteiger partial charge in [-0.05, 0) is 13.0 Å². The third-order valence-corrected chi connectivity index (χ3v) is 2.41. The van der Waals surface area contributed by atoms with Crippen LogP contribution >= 0.6 is 0 Å². The zero-order chi connectivity index (χ0) is 10.1. The molecular formula is C11H11NO2. The molecule has 0 spiro atoms. The van der Waals surface area contributed by atoms with Crippen molar-refractivity contribution in [3.8, 4) is 0 Å². The summed E-state index contributed by atoms with van der Waals surface area (Å²) in [6, 6.07) is 7.68. The van der Waals surface area contributed by atoms with Crippen molar-refractivity contribution < 1.29 is 9.63 Å². The topological polar surface area (TPSA) is 31.2 Å². The molecule has 0 bridgehead atoms. The zero-order valence-electron chi connectivity index (χ0n) is 8.15. The molecule has 2 aromatic rings. The molecule has 0 amide bonds. The number of aldehydes is 1. The summed E-state index contributed by atoms with van der Waals surface area (Å²) in [7, 11) is 1.59. The molecule has 0 atom stereocenters. The molecule has 0 aliphatic heterocycles. The van der Waals surface area contributed by atoms with Crippen molar-refractivity contribution >= 4 is 17.2 Å². The third kappa shape index (κ3) is 1.02. The minimum atomic E-state index is 0.697. The standard InChI is InChI=1S/C11H11NO2/c1-8-10(7-13)9-5-3-4-6-11(9)12(8)14-2/h3-7H,1-2H3. The summed E-state index contributed by atoms with van der Waals surface area (Å²) < 4.78 is 1.67. The van der Waals surface area contributed by atoms with Crippen molar-refractivity contribution in [2.45, 2.75) is 6.92 Å². The van der Waals surface area contributed by atoms with Gasteiger partial charge in [-0.1, -0.05) is 18.2 Å². The van der Waals surface area contributed by atoms with Gasteiger partial charge in [0.25, 0.3) is 0 Å². The fourth-order valence-electron chi connectivity index (χ4n) is 1.75. The fourth-order valence-corrected chi connectivity index (χ4v) is 1.75. The highest BCUT2D eigenvalue weighted by atomic mass is 16.6. The van der Waals surface area contributed by atoms with E-state index in [-0.39, 0.29) is 0 Å². The molecule has 1 aromatic heterocycles. The second kappa shape index (κ2) is 3.18. The van der Waals surface area contributed by atoms with Gasteiger partial charge < -0.3 is 4.84 Å². The van der Waals surface area contributed by atoms with Gasteiger partial charge in [-0.3, -0.25) is 4.79 Å². The second-order valence-corrected chi connectivity index (χ2v) is 3.11. The van der Waals surface area contributed by atoms with Gasteiger partial charge in [0.2, 0.25) is 0 Å². The average Bonchev–Trinajstić information content (AvgIpc) is 2.49. The lowest BCUT2D eigenvalue weighted by Gasteiger charge is -2.04. The molecule has 0 saturated heterocycles. The summed E-state index contributed by atoms with van der Waals surface area (Å²) in [6.45, 7) is 1.87. The van der Waals surface area contributed by atoms with E-state index >= 15 is 0 Å². The number of hydrogen-bond acceptors (Lipinski definition) is 2. The van der Waals surface area contributed by atoms with E-state index in [2.05, 4.69) is 0 Å². The smallest absolute Gasteiger partial charge is 0.152 e. The van der Waals surface area contributed by atoms with Crippen molar-refractivity contribution in [2.75, 3.05) is 7.11 Å². The van der Waals surface area contributed by atoms with Crippen molar-refractivity contribution in [1.29, 1.82) is 0 Å². The molecule has 1 aromatic carbocycles. The second-order valence-electron chi connectivity index (χ2n) is 3.11. The van der Waals surface area contributed by atoms with Gasteiger partial charge in [0.15, 0.2) is 6.29 Å². The average molecular weight is 189 g/mol. The normalized spacial score (nSPS) is 10.4. The van der Waals surface area contributed by atoms with Gasteiger partial charge in [0, 0.05) is 10.9 Å². The Labute approximate surface area is 81.9 Å². The van der Waals surface area contributed by atoms with Gasteiger partial charge in [0.05, 0.1) is 11.2 Å².